The van der Waals surface area contributed by atoms with Gasteiger partial charge in [0.25, 0.3) is 5.91 Å². The molecule has 1 saturated carbocycles. The molecule has 1 aliphatic carbocycles. The zero-order chi connectivity index (χ0) is 14.8. The SMILES string of the molecule is CC1CCCCC1(CN)NC(=O)c1cc(Cl)ccc1Cl. The van der Waals surface area contributed by atoms with Crippen LogP contribution in [0.5, 0.6) is 0 Å². The molecule has 1 fully saturated rings. The molecule has 0 aromatic heterocycles. The maximum absolute atomic E-state index is 12.5. The molecule has 1 aliphatic rings. The van der Waals surface area contributed by atoms with Crippen molar-refractivity contribution in [3.63, 3.8) is 0 Å². The molecule has 0 radical (unpaired) electrons. The molecule has 1 aromatic carbocycles. The van der Waals surface area contributed by atoms with Crippen LogP contribution in [0, 0.1) is 5.92 Å². The summed E-state index contributed by atoms with van der Waals surface area (Å²) in [5, 5.41) is 4.01. The summed E-state index contributed by atoms with van der Waals surface area (Å²) in [5.41, 5.74) is 6.02. The van der Waals surface area contributed by atoms with Gasteiger partial charge in [-0.3, -0.25) is 4.79 Å². The highest BCUT2D eigenvalue weighted by molar-refractivity contribution is 6.35. The van der Waals surface area contributed by atoms with Gasteiger partial charge in [-0.15, -0.1) is 0 Å². The molecule has 0 spiro atoms. The van der Waals surface area contributed by atoms with Crippen molar-refractivity contribution in [2.24, 2.45) is 11.7 Å². The van der Waals surface area contributed by atoms with Gasteiger partial charge >= 0.3 is 0 Å². The Morgan fingerprint density at radius 2 is 2.20 bits per heavy atom. The molecule has 2 rings (SSSR count). The van der Waals surface area contributed by atoms with Crippen LogP contribution in [0.2, 0.25) is 10.0 Å². The molecule has 0 saturated heterocycles. The topological polar surface area (TPSA) is 55.1 Å². The summed E-state index contributed by atoms with van der Waals surface area (Å²) >= 11 is 12.0. The molecule has 3 N–H and O–H groups in total. The van der Waals surface area contributed by atoms with Gasteiger partial charge in [0.15, 0.2) is 0 Å². The van der Waals surface area contributed by atoms with Crippen molar-refractivity contribution in [3.8, 4) is 0 Å². The van der Waals surface area contributed by atoms with Crippen molar-refractivity contribution in [1.82, 2.24) is 5.32 Å². The highest BCUT2D eigenvalue weighted by Gasteiger charge is 2.38. The first-order valence-corrected chi connectivity index (χ1v) is 7.72. The van der Waals surface area contributed by atoms with Gasteiger partial charge in [0.05, 0.1) is 16.1 Å². The molecule has 5 heteroatoms. The number of hydrogen-bond donors (Lipinski definition) is 2. The first kappa shape index (κ1) is 15.6. The highest BCUT2D eigenvalue weighted by atomic mass is 35.5. The minimum atomic E-state index is -0.332. The number of nitrogens with one attached hydrogen (secondary N) is 1. The second-order valence-electron chi connectivity index (χ2n) is 5.59. The lowest BCUT2D eigenvalue weighted by Gasteiger charge is -2.42. The number of hydrogen-bond acceptors (Lipinski definition) is 2. The number of amides is 1. The second-order valence-corrected chi connectivity index (χ2v) is 6.43. The predicted octanol–water partition coefficient (Wildman–Crippen LogP) is 3.63. The van der Waals surface area contributed by atoms with E-state index in [0.29, 0.717) is 28.1 Å². The Morgan fingerprint density at radius 3 is 2.85 bits per heavy atom. The molecule has 3 nitrogen and oxygen atoms in total. The fourth-order valence-electron chi connectivity index (χ4n) is 2.92. The van der Waals surface area contributed by atoms with Gasteiger partial charge in [0.1, 0.15) is 0 Å². The average Bonchev–Trinajstić information content (AvgIpc) is 2.44. The molecule has 0 heterocycles. The molecule has 0 bridgehead atoms. The summed E-state index contributed by atoms with van der Waals surface area (Å²) in [4.78, 5) is 12.5. The quantitative estimate of drug-likeness (QED) is 0.895. The molecule has 1 aromatic rings. The molecule has 20 heavy (non-hydrogen) atoms. The Bertz CT molecular complexity index is 507. The molecular formula is C15H20Cl2N2O. The Kier molecular flexibility index (Phi) is 4.95. The molecule has 1 amide bonds. The van der Waals surface area contributed by atoms with E-state index in [2.05, 4.69) is 12.2 Å². The normalized spacial score (nSPS) is 26.3. The molecular weight excluding hydrogens is 295 g/mol. The van der Waals surface area contributed by atoms with E-state index in [1.807, 2.05) is 0 Å². The van der Waals surface area contributed by atoms with Crippen LogP contribution in [0.3, 0.4) is 0 Å². The zero-order valence-electron chi connectivity index (χ0n) is 11.6. The van der Waals surface area contributed by atoms with Crippen molar-refractivity contribution in [3.05, 3.63) is 33.8 Å². The second kappa shape index (κ2) is 6.33. The van der Waals surface area contributed by atoms with Crippen molar-refractivity contribution in [2.75, 3.05) is 6.54 Å². The van der Waals surface area contributed by atoms with Crippen LogP contribution in [-0.2, 0) is 0 Å². The average molecular weight is 315 g/mol. The Balaban J connectivity index is 2.23. The van der Waals surface area contributed by atoms with Crippen molar-refractivity contribution < 1.29 is 4.79 Å². The maximum atomic E-state index is 12.5. The summed E-state index contributed by atoms with van der Waals surface area (Å²) < 4.78 is 0. The summed E-state index contributed by atoms with van der Waals surface area (Å²) in [6.45, 7) is 2.59. The Labute approximate surface area is 129 Å². The van der Waals surface area contributed by atoms with E-state index < -0.39 is 0 Å². The van der Waals surface area contributed by atoms with Crippen LogP contribution >= 0.6 is 23.2 Å². The van der Waals surface area contributed by atoms with Gasteiger partial charge in [-0.2, -0.15) is 0 Å². The summed E-state index contributed by atoms with van der Waals surface area (Å²) in [6.07, 6.45) is 4.27. The minimum Gasteiger partial charge on any atom is -0.345 e. The highest BCUT2D eigenvalue weighted by Crippen LogP contribution is 2.33. The van der Waals surface area contributed by atoms with Crippen LogP contribution in [-0.4, -0.2) is 18.0 Å². The van der Waals surface area contributed by atoms with Crippen LogP contribution in [0.25, 0.3) is 0 Å². The number of carbonyl (C=O) groups excluding carboxylic acids is 1. The van der Waals surface area contributed by atoms with Crippen molar-refractivity contribution in [1.29, 1.82) is 0 Å². The largest absolute Gasteiger partial charge is 0.345 e. The fourth-order valence-corrected chi connectivity index (χ4v) is 3.29. The summed E-state index contributed by atoms with van der Waals surface area (Å²) in [6, 6.07) is 4.90. The molecule has 0 aliphatic heterocycles. The van der Waals surface area contributed by atoms with Crippen molar-refractivity contribution in [2.45, 2.75) is 38.1 Å². The number of rotatable bonds is 3. The smallest absolute Gasteiger partial charge is 0.253 e. The van der Waals surface area contributed by atoms with Crippen LogP contribution in [0.4, 0.5) is 0 Å². The summed E-state index contributed by atoms with van der Waals surface area (Å²) in [7, 11) is 0. The standard InChI is InChI=1S/C15H20Cl2N2O/c1-10-4-2-3-7-15(10,9-18)19-14(20)12-8-11(16)5-6-13(12)17/h5-6,8,10H,2-4,7,9,18H2,1H3,(H,19,20). The molecule has 110 valence electrons. The van der Waals surface area contributed by atoms with Crippen LogP contribution in [0.1, 0.15) is 43.0 Å². The van der Waals surface area contributed by atoms with Gasteiger partial charge in [0.2, 0.25) is 0 Å². The van der Waals surface area contributed by atoms with Gasteiger partial charge in [-0.05, 0) is 37.0 Å². The Morgan fingerprint density at radius 1 is 1.45 bits per heavy atom. The predicted molar refractivity (Wildman–Crippen MR) is 83.3 cm³/mol. The number of carbonyl (C=O) groups is 1. The lowest BCUT2D eigenvalue weighted by Crippen LogP contribution is -2.59. The first-order valence-electron chi connectivity index (χ1n) is 6.96. The third-order valence-corrected chi connectivity index (χ3v) is 4.92. The summed E-state index contributed by atoms with van der Waals surface area (Å²) in [5.74, 6) is 0.167. The van der Waals surface area contributed by atoms with E-state index in [4.69, 9.17) is 28.9 Å². The maximum Gasteiger partial charge on any atom is 0.253 e. The van der Waals surface area contributed by atoms with Gasteiger partial charge in [0, 0.05) is 11.6 Å². The van der Waals surface area contributed by atoms with Gasteiger partial charge < -0.3 is 11.1 Å². The number of nitrogens with two attached hydrogens (primary N) is 1. The van der Waals surface area contributed by atoms with E-state index in [9.17, 15) is 4.79 Å². The lowest BCUT2D eigenvalue weighted by atomic mass is 9.73. The third kappa shape index (κ3) is 3.11. The Hall–Kier alpha value is -0.770. The van der Waals surface area contributed by atoms with E-state index >= 15 is 0 Å². The monoisotopic (exact) mass is 314 g/mol. The van der Waals surface area contributed by atoms with Gasteiger partial charge in [-0.25, -0.2) is 0 Å². The van der Waals surface area contributed by atoms with Crippen LogP contribution in [0.15, 0.2) is 18.2 Å². The van der Waals surface area contributed by atoms with Crippen LogP contribution < -0.4 is 11.1 Å². The minimum absolute atomic E-state index is 0.197. The van der Waals surface area contributed by atoms with E-state index in [1.165, 1.54) is 6.42 Å². The lowest BCUT2D eigenvalue weighted by molar-refractivity contribution is 0.0813. The van der Waals surface area contributed by atoms with E-state index in [1.54, 1.807) is 18.2 Å². The number of halogens is 2. The van der Waals surface area contributed by atoms with E-state index in [0.717, 1.165) is 19.3 Å². The fraction of sp³-hybridized carbons (Fsp3) is 0.533. The van der Waals surface area contributed by atoms with Crippen molar-refractivity contribution >= 4 is 29.1 Å². The van der Waals surface area contributed by atoms with Gasteiger partial charge in [-0.1, -0.05) is 43.0 Å². The molecule has 2 atom stereocenters. The zero-order valence-corrected chi connectivity index (χ0v) is 13.1. The number of benzene rings is 1. The third-order valence-electron chi connectivity index (χ3n) is 4.35. The first-order chi connectivity index (χ1) is 9.48. The molecule has 2 unspecified atom stereocenters. The van der Waals surface area contributed by atoms with E-state index in [-0.39, 0.29) is 11.4 Å².